The molecule has 2 aromatic carbocycles. The molecule has 2 heterocycles. The number of hydrogen-bond donors (Lipinski definition) is 3. The van der Waals surface area contributed by atoms with E-state index in [1.165, 1.54) is 0 Å². The Morgan fingerprint density at radius 3 is 2.80 bits per heavy atom. The number of hydrogen-bond acceptors (Lipinski definition) is 5. The Bertz CT molecular complexity index is 1080. The van der Waals surface area contributed by atoms with Crippen molar-refractivity contribution in [2.45, 2.75) is 12.1 Å². The van der Waals surface area contributed by atoms with E-state index in [-0.39, 0.29) is 12.6 Å². The van der Waals surface area contributed by atoms with Crippen molar-refractivity contribution in [1.82, 2.24) is 15.3 Å². The Morgan fingerprint density at radius 2 is 1.97 bits per heavy atom. The summed E-state index contributed by atoms with van der Waals surface area (Å²) in [4.78, 5) is 7.65. The molecule has 0 bridgehead atoms. The molecule has 0 aliphatic rings. The smallest absolute Gasteiger partial charge is 0.128 e. The molecule has 3 N–H and O–H groups in total. The van der Waals surface area contributed by atoms with Crippen molar-refractivity contribution in [3.63, 3.8) is 0 Å². The first-order chi connectivity index (χ1) is 14.7. The number of rotatable bonds is 9. The highest BCUT2D eigenvalue weighted by molar-refractivity contribution is 5.85. The molecule has 2 atom stereocenters. The second kappa shape index (κ2) is 9.43. The average Bonchev–Trinajstić information content (AvgIpc) is 3.28. The maximum atomic E-state index is 10.5. The number of ether oxygens (including phenoxy) is 2. The normalized spacial score (nSPS) is 13.1. The molecule has 0 aliphatic carbocycles. The average molecular weight is 403 g/mol. The van der Waals surface area contributed by atoms with Gasteiger partial charge in [0, 0.05) is 29.8 Å². The lowest BCUT2D eigenvalue weighted by Gasteiger charge is -2.21. The van der Waals surface area contributed by atoms with Gasteiger partial charge in [0.15, 0.2) is 0 Å². The minimum Gasteiger partial charge on any atom is -0.497 e. The van der Waals surface area contributed by atoms with Gasteiger partial charge in [-0.25, -0.2) is 0 Å². The molecule has 0 aliphatic heterocycles. The largest absolute Gasteiger partial charge is 0.497 e. The highest BCUT2D eigenvalue weighted by Crippen LogP contribution is 2.25. The molecular weight excluding hydrogens is 378 g/mol. The molecule has 0 saturated heterocycles. The third-order valence-electron chi connectivity index (χ3n) is 4.95. The Kier molecular flexibility index (Phi) is 6.27. The third kappa shape index (κ3) is 4.62. The molecule has 30 heavy (non-hydrogen) atoms. The van der Waals surface area contributed by atoms with E-state index in [9.17, 15) is 5.11 Å². The van der Waals surface area contributed by atoms with Gasteiger partial charge in [0.05, 0.1) is 18.8 Å². The van der Waals surface area contributed by atoms with Crippen LogP contribution < -0.4 is 14.8 Å². The first kappa shape index (κ1) is 19.9. The molecule has 0 radical (unpaired) electrons. The van der Waals surface area contributed by atoms with Crippen molar-refractivity contribution in [3.8, 4) is 11.5 Å². The van der Waals surface area contributed by atoms with Crippen LogP contribution in [0.3, 0.4) is 0 Å². The Hall–Kier alpha value is -3.35. The van der Waals surface area contributed by atoms with E-state index >= 15 is 0 Å². The lowest BCUT2D eigenvalue weighted by atomic mass is 10.0. The van der Waals surface area contributed by atoms with Gasteiger partial charge in [0.1, 0.15) is 24.2 Å². The highest BCUT2D eigenvalue weighted by atomic mass is 16.5. The second-order valence-electron chi connectivity index (χ2n) is 7.03. The van der Waals surface area contributed by atoms with Gasteiger partial charge >= 0.3 is 0 Å². The number of aromatic amines is 1. The van der Waals surface area contributed by atoms with E-state index in [1.54, 1.807) is 13.3 Å². The zero-order valence-electron chi connectivity index (χ0n) is 16.8. The van der Waals surface area contributed by atoms with Gasteiger partial charge in [0.2, 0.25) is 0 Å². The number of H-pyrrole nitrogens is 1. The van der Waals surface area contributed by atoms with E-state index in [1.807, 2.05) is 72.9 Å². The summed E-state index contributed by atoms with van der Waals surface area (Å²) in [6.07, 6.45) is 2.96. The maximum Gasteiger partial charge on any atom is 0.128 e. The number of fused-ring (bicyclic) bond motifs is 1. The first-order valence-electron chi connectivity index (χ1n) is 9.90. The number of aromatic nitrogens is 2. The molecule has 0 saturated carbocycles. The van der Waals surface area contributed by atoms with E-state index in [0.717, 1.165) is 33.7 Å². The summed E-state index contributed by atoms with van der Waals surface area (Å²) in [6.45, 7) is 0.534. The number of nitrogens with one attached hydrogen (secondary N) is 2. The lowest BCUT2D eigenvalue weighted by Crippen LogP contribution is -2.34. The molecule has 6 nitrogen and oxygen atoms in total. The molecule has 4 aromatic rings. The summed E-state index contributed by atoms with van der Waals surface area (Å²) >= 11 is 0. The fourth-order valence-electron chi connectivity index (χ4n) is 3.44. The molecule has 0 fully saturated rings. The van der Waals surface area contributed by atoms with Crippen molar-refractivity contribution in [2.24, 2.45) is 0 Å². The van der Waals surface area contributed by atoms with E-state index < -0.39 is 6.10 Å². The SMILES string of the molecule is COc1cccc([C@@H](NC[C@H](O)COc2cccc3[nH]ccc23)c2ccccn2)c1. The summed E-state index contributed by atoms with van der Waals surface area (Å²) in [5.41, 5.74) is 2.89. The first-order valence-corrected chi connectivity index (χ1v) is 9.90. The Balaban J connectivity index is 1.43. The number of benzene rings is 2. The minimum atomic E-state index is -0.684. The van der Waals surface area contributed by atoms with Crippen LogP contribution in [0.2, 0.25) is 0 Å². The standard InChI is InChI=1S/C24H25N3O3/c1-29-19-7-4-6-17(14-19)24(22-8-2-3-12-25-22)27-15-18(28)16-30-23-10-5-9-21-20(23)11-13-26-21/h2-14,18,24,26-28H,15-16H2,1H3/t18-,24+/m0/s1. The zero-order chi connectivity index (χ0) is 20.8. The van der Waals surface area contributed by atoms with Crippen molar-refractivity contribution < 1.29 is 14.6 Å². The highest BCUT2D eigenvalue weighted by Gasteiger charge is 2.18. The summed E-state index contributed by atoms with van der Waals surface area (Å²) < 4.78 is 11.2. The zero-order valence-corrected chi connectivity index (χ0v) is 16.8. The third-order valence-corrected chi connectivity index (χ3v) is 4.95. The van der Waals surface area contributed by atoms with E-state index in [4.69, 9.17) is 9.47 Å². The van der Waals surface area contributed by atoms with Gasteiger partial charge in [-0.2, -0.15) is 0 Å². The molecule has 154 valence electrons. The molecular formula is C24H25N3O3. The van der Waals surface area contributed by atoms with E-state index in [2.05, 4.69) is 15.3 Å². The maximum absolute atomic E-state index is 10.5. The van der Waals surface area contributed by atoms with Crippen LogP contribution in [0.1, 0.15) is 17.3 Å². The van der Waals surface area contributed by atoms with Gasteiger partial charge in [-0.05, 0) is 48.0 Å². The van der Waals surface area contributed by atoms with Crippen LogP contribution in [0.5, 0.6) is 11.5 Å². The number of nitrogens with zero attached hydrogens (tertiary/aromatic N) is 1. The molecule has 6 heteroatoms. The Morgan fingerprint density at radius 1 is 1.07 bits per heavy atom. The molecule has 4 rings (SSSR count). The van der Waals surface area contributed by atoms with Crippen molar-refractivity contribution in [3.05, 3.63) is 90.4 Å². The van der Waals surface area contributed by atoms with Crippen LogP contribution >= 0.6 is 0 Å². The fraction of sp³-hybridized carbons (Fsp3) is 0.208. The molecule has 0 amide bonds. The predicted octanol–water partition coefficient (Wildman–Crippen LogP) is 3.69. The predicted molar refractivity (Wildman–Crippen MR) is 117 cm³/mol. The minimum absolute atomic E-state index is 0.177. The van der Waals surface area contributed by atoms with Gasteiger partial charge in [-0.3, -0.25) is 4.98 Å². The molecule has 0 unspecified atom stereocenters. The summed E-state index contributed by atoms with van der Waals surface area (Å²) in [7, 11) is 1.65. The van der Waals surface area contributed by atoms with Crippen LogP contribution in [0.25, 0.3) is 10.9 Å². The Labute approximate surface area is 175 Å². The quantitative estimate of drug-likeness (QED) is 0.397. The van der Waals surface area contributed by atoms with Crippen molar-refractivity contribution in [1.29, 1.82) is 0 Å². The van der Waals surface area contributed by atoms with Crippen molar-refractivity contribution in [2.75, 3.05) is 20.3 Å². The topological polar surface area (TPSA) is 79.4 Å². The van der Waals surface area contributed by atoms with Crippen molar-refractivity contribution >= 4 is 10.9 Å². The number of aliphatic hydroxyl groups excluding tert-OH is 1. The van der Waals surface area contributed by atoms with Crippen LogP contribution in [0, 0.1) is 0 Å². The van der Waals surface area contributed by atoms with E-state index in [0.29, 0.717) is 6.54 Å². The molecule has 0 spiro atoms. The monoisotopic (exact) mass is 403 g/mol. The van der Waals surface area contributed by atoms with Crippen LogP contribution in [0.4, 0.5) is 0 Å². The van der Waals surface area contributed by atoms with Gasteiger partial charge in [0.25, 0.3) is 0 Å². The number of methoxy groups -OCH3 is 1. The van der Waals surface area contributed by atoms with Crippen LogP contribution in [-0.4, -0.2) is 41.4 Å². The number of pyridine rings is 1. The van der Waals surface area contributed by atoms with Gasteiger partial charge in [-0.1, -0.05) is 24.3 Å². The van der Waals surface area contributed by atoms with Crippen LogP contribution in [0.15, 0.2) is 79.1 Å². The number of aliphatic hydroxyl groups is 1. The second-order valence-corrected chi connectivity index (χ2v) is 7.03. The van der Waals surface area contributed by atoms with Gasteiger partial charge < -0.3 is 24.9 Å². The molecule has 2 aromatic heterocycles. The summed E-state index contributed by atoms with van der Waals surface area (Å²) in [5.74, 6) is 1.53. The summed E-state index contributed by atoms with van der Waals surface area (Å²) in [5, 5.41) is 15.0. The van der Waals surface area contributed by atoms with Gasteiger partial charge in [-0.15, -0.1) is 0 Å². The lowest BCUT2D eigenvalue weighted by molar-refractivity contribution is 0.105. The fourth-order valence-corrected chi connectivity index (χ4v) is 3.44. The summed E-state index contributed by atoms with van der Waals surface area (Å²) in [6, 6.07) is 21.3. The van der Waals surface area contributed by atoms with Crippen LogP contribution in [-0.2, 0) is 0 Å².